The van der Waals surface area contributed by atoms with E-state index in [0.717, 1.165) is 40.7 Å². The topological polar surface area (TPSA) is 78.1 Å². The van der Waals surface area contributed by atoms with Crippen molar-refractivity contribution in [3.63, 3.8) is 0 Å². The van der Waals surface area contributed by atoms with Crippen LogP contribution in [0, 0.1) is 5.92 Å². The third kappa shape index (κ3) is 3.57. The third-order valence-electron chi connectivity index (χ3n) is 5.29. The highest BCUT2D eigenvalue weighted by Gasteiger charge is 2.35. The van der Waals surface area contributed by atoms with E-state index in [1.807, 2.05) is 36.4 Å². The average molecular weight is 384 g/mol. The smallest absolute Gasteiger partial charge is 0.231 e. The lowest BCUT2D eigenvalue weighted by molar-refractivity contribution is -0.125. The van der Waals surface area contributed by atoms with Gasteiger partial charge in [-0.05, 0) is 29.3 Å². The van der Waals surface area contributed by atoms with Crippen LogP contribution in [0.25, 0.3) is 0 Å². The van der Waals surface area contributed by atoms with Crippen LogP contribution in [0.4, 0.5) is 0 Å². The number of methoxy groups -OCH3 is 2. The number of ether oxygens (including phenoxy) is 4. The molecule has 2 atom stereocenters. The molecule has 2 aliphatic rings. The van der Waals surface area contributed by atoms with Crippen molar-refractivity contribution in [3.8, 4) is 23.0 Å². The molecule has 2 aromatic carbocycles. The third-order valence-corrected chi connectivity index (χ3v) is 5.29. The molecule has 2 heterocycles. The maximum Gasteiger partial charge on any atom is 0.231 e. The fourth-order valence-electron chi connectivity index (χ4n) is 3.78. The van der Waals surface area contributed by atoms with Crippen molar-refractivity contribution >= 4 is 5.91 Å². The van der Waals surface area contributed by atoms with E-state index in [-0.39, 0.29) is 24.5 Å². The number of fused-ring (bicyclic) bond motifs is 1. The van der Waals surface area contributed by atoms with Crippen molar-refractivity contribution in [1.82, 2.24) is 10.6 Å². The monoisotopic (exact) mass is 384 g/mol. The van der Waals surface area contributed by atoms with Gasteiger partial charge in [-0.15, -0.1) is 0 Å². The van der Waals surface area contributed by atoms with E-state index in [1.165, 1.54) is 0 Å². The fourth-order valence-corrected chi connectivity index (χ4v) is 3.78. The maximum atomic E-state index is 12.9. The summed E-state index contributed by atoms with van der Waals surface area (Å²) in [6, 6.07) is 11.4. The summed E-state index contributed by atoms with van der Waals surface area (Å²) in [5.41, 5.74) is 1.98. The van der Waals surface area contributed by atoms with Gasteiger partial charge in [0, 0.05) is 31.6 Å². The lowest BCUT2D eigenvalue weighted by atomic mass is 9.87. The van der Waals surface area contributed by atoms with Crippen molar-refractivity contribution in [3.05, 3.63) is 47.5 Å². The Morgan fingerprint density at radius 1 is 1.11 bits per heavy atom. The zero-order chi connectivity index (χ0) is 19.5. The zero-order valence-electron chi connectivity index (χ0n) is 16.0. The molecule has 1 saturated heterocycles. The van der Waals surface area contributed by atoms with Gasteiger partial charge in [-0.3, -0.25) is 4.79 Å². The standard InChI is InChI=1S/C21H24N2O5/c1-25-14-4-5-15(19(8-14)26-2)16-10-22-11-17(16)21(24)23-9-13-3-6-18-20(7-13)28-12-27-18/h3-8,16-17,22H,9-12H2,1-2H3,(H,23,24). The van der Waals surface area contributed by atoms with Gasteiger partial charge in [-0.1, -0.05) is 12.1 Å². The molecule has 0 radical (unpaired) electrons. The Balaban J connectivity index is 1.45. The molecule has 7 heteroatoms. The summed E-state index contributed by atoms with van der Waals surface area (Å²) in [5.74, 6) is 2.81. The average Bonchev–Trinajstić information content (AvgIpc) is 3.40. The molecule has 2 aromatic rings. The van der Waals surface area contributed by atoms with Crippen LogP contribution in [0.15, 0.2) is 36.4 Å². The summed E-state index contributed by atoms with van der Waals surface area (Å²) < 4.78 is 21.5. The molecular formula is C21H24N2O5. The van der Waals surface area contributed by atoms with Crippen LogP contribution in [0.3, 0.4) is 0 Å². The van der Waals surface area contributed by atoms with E-state index in [2.05, 4.69) is 10.6 Å². The summed E-state index contributed by atoms with van der Waals surface area (Å²) in [7, 11) is 3.26. The first-order valence-corrected chi connectivity index (χ1v) is 9.28. The van der Waals surface area contributed by atoms with Gasteiger partial charge in [-0.25, -0.2) is 0 Å². The normalized spacial score (nSPS) is 20.1. The van der Waals surface area contributed by atoms with Gasteiger partial charge in [0.1, 0.15) is 11.5 Å². The Hall–Kier alpha value is -2.93. The number of carbonyl (C=O) groups is 1. The Labute approximate surface area is 163 Å². The number of carbonyl (C=O) groups excluding carboxylic acids is 1. The largest absolute Gasteiger partial charge is 0.497 e. The highest BCUT2D eigenvalue weighted by atomic mass is 16.7. The van der Waals surface area contributed by atoms with Crippen molar-refractivity contribution in [2.75, 3.05) is 34.1 Å². The predicted octanol–water partition coefficient (Wildman–Crippen LogP) is 2.05. The van der Waals surface area contributed by atoms with Crippen LogP contribution in [0.1, 0.15) is 17.0 Å². The van der Waals surface area contributed by atoms with Crippen molar-refractivity contribution in [2.24, 2.45) is 5.92 Å². The number of benzene rings is 2. The number of nitrogens with one attached hydrogen (secondary N) is 2. The minimum atomic E-state index is -0.170. The summed E-state index contributed by atoms with van der Waals surface area (Å²) in [5, 5.41) is 6.38. The number of amides is 1. The van der Waals surface area contributed by atoms with Gasteiger partial charge < -0.3 is 29.6 Å². The van der Waals surface area contributed by atoms with E-state index < -0.39 is 0 Å². The Morgan fingerprint density at radius 2 is 1.96 bits per heavy atom. The molecule has 0 spiro atoms. The molecular weight excluding hydrogens is 360 g/mol. The van der Waals surface area contributed by atoms with Crippen molar-refractivity contribution in [2.45, 2.75) is 12.5 Å². The first-order chi connectivity index (χ1) is 13.7. The predicted molar refractivity (Wildman–Crippen MR) is 103 cm³/mol. The van der Waals surface area contributed by atoms with Crippen molar-refractivity contribution < 1.29 is 23.7 Å². The molecule has 2 aliphatic heterocycles. The van der Waals surface area contributed by atoms with E-state index in [9.17, 15) is 4.79 Å². The number of hydrogen-bond donors (Lipinski definition) is 2. The molecule has 2 unspecified atom stereocenters. The molecule has 1 fully saturated rings. The molecule has 4 rings (SSSR count). The quantitative estimate of drug-likeness (QED) is 0.794. The van der Waals surface area contributed by atoms with Crippen LogP contribution in [0.5, 0.6) is 23.0 Å². The van der Waals surface area contributed by atoms with Gasteiger partial charge in [0.2, 0.25) is 12.7 Å². The molecule has 148 valence electrons. The summed E-state index contributed by atoms with van der Waals surface area (Å²) in [6.07, 6.45) is 0. The highest BCUT2D eigenvalue weighted by Crippen LogP contribution is 2.37. The maximum absolute atomic E-state index is 12.9. The number of rotatable bonds is 6. The molecule has 0 saturated carbocycles. The minimum absolute atomic E-state index is 0.0190. The first-order valence-electron chi connectivity index (χ1n) is 9.28. The zero-order valence-corrected chi connectivity index (χ0v) is 16.0. The molecule has 28 heavy (non-hydrogen) atoms. The summed E-state index contributed by atoms with van der Waals surface area (Å²) in [6.45, 7) is 2.04. The summed E-state index contributed by atoms with van der Waals surface area (Å²) >= 11 is 0. The van der Waals surface area contributed by atoms with Gasteiger partial charge in [0.05, 0.1) is 20.1 Å². The number of hydrogen-bond acceptors (Lipinski definition) is 6. The van der Waals surface area contributed by atoms with Gasteiger partial charge in [0.25, 0.3) is 0 Å². The van der Waals surface area contributed by atoms with Gasteiger partial charge in [-0.2, -0.15) is 0 Å². The van der Waals surface area contributed by atoms with E-state index in [1.54, 1.807) is 14.2 Å². The Kier molecular flexibility index (Phi) is 5.25. The van der Waals surface area contributed by atoms with Crippen LogP contribution in [-0.4, -0.2) is 40.0 Å². The fraction of sp³-hybridized carbons (Fsp3) is 0.381. The first kappa shape index (κ1) is 18.4. The Bertz CT molecular complexity index is 870. The minimum Gasteiger partial charge on any atom is -0.497 e. The molecule has 0 bridgehead atoms. The van der Waals surface area contributed by atoms with E-state index in [4.69, 9.17) is 18.9 Å². The second-order valence-electron chi connectivity index (χ2n) is 6.88. The van der Waals surface area contributed by atoms with Crippen molar-refractivity contribution in [1.29, 1.82) is 0 Å². The molecule has 1 amide bonds. The van der Waals surface area contributed by atoms with Gasteiger partial charge >= 0.3 is 0 Å². The molecule has 0 aliphatic carbocycles. The van der Waals surface area contributed by atoms with Crippen LogP contribution in [-0.2, 0) is 11.3 Å². The van der Waals surface area contributed by atoms with E-state index >= 15 is 0 Å². The second kappa shape index (κ2) is 7.98. The van der Waals surface area contributed by atoms with Crippen LogP contribution < -0.4 is 29.6 Å². The van der Waals surface area contributed by atoms with Gasteiger partial charge in [0.15, 0.2) is 11.5 Å². The lowest BCUT2D eigenvalue weighted by Crippen LogP contribution is -2.34. The lowest BCUT2D eigenvalue weighted by Gasteiger charge is -2.21. The molecule has 2 N–H and O–H groups in total. The Morgan fingerprint density at radius 3 is 2.79 bits per heavy atom. The summed E-state index contributed by atoms with van der Waals surface area (Å²) in [4.78, 5) is 12.9. The molecule has 7 nitrogen and oxygen atoms in total. The highest BCUT2D eigenvalue weighted by molar-refractivity contribution is 5.80. The molecule has 0 aromatic heterocycles. The second-order valence-corrected chi connectivity index (χ2v) is 6.88. The van der Waals surface area contributed by atoms with E-state index in [0.29, 0.717) is 13.1 Å². The van der Waals surface area contributed by atoms with Crippen LogP contribution in [0.2, 0.25) is 0 Å². The van der Waals surface area contributed by atoms with Crippen LogP contribution >= 0.6 is 0 Å². The SMILES string of the molecule is COc1ccc(C2CNCC2C(=O)NCc2ccc3c(c2)OCO3)c(OC)c1.